The quantitative estimate of drug-likeness (QED) is 0.873. The Bertz CT molecular complexity index is 774. The Balaban J connectivity index is 2.18. The van der Waals surface area contributed by atoms with Gasteiger partial charge < -0.3 is 10.6 Å². The van der Waals surface area contributed by atoms with Crippen LogP contribution in [0.25, 0.3) is 0 Å². The van der Waals surface area contributed by atoms with Gasteiger partial charge in [0.1, 0.15) is 5.69 Å². The standard InChI is InChI=1S/C20H25N3O2/c1-12(2)11-22-20(25)17-10-16(6-7-21-17)19(24)23-18-14(4)8-13(3)9-15(18)5/h6-10,12H,11H2,1-5H3,(H,22,25)(H,23,24). The van der Waals surface area contributed by atoms with Crippen LogP contribution in [0, 0.1) is 26.7 Å². The maximum Gasteiger partial charge on any atom is 0.269 e. The van der Waals surface area contributed by atoms with Gasteiger partial charge in [-0.15, -0.1) is 0 Å². The number of pyridine rings is 1. The van der Waals surface area contributed by atoms with Crippen molar-refractivity contribution < 1.29 is 9.59 Å². The summed E-state index contributed by atoms with van der Waals surface area (Å²) in [5.74, 6) is -0.177. The summed E-state index contributed by atoms with van der Waals surface area (Å²) in [6.45, 7) is 10.6. The maximum absolute atomic E-state index is 12.6. The molecule has 2 rings (SSSR count). The van der Waals surface area contributed by atoms with Crippen molar-refractivity contribution in [3.05, 3.63) is 58.4 Å². The summed E-state index contributed by atoms with van der Waals surface area (Å²) in [5, 5.41) is 5.75. The Hall–Kier alpha value is -2.69. The van der Waals surface area contributed by atoms with E-state index in [9.17, 15) is 9.59 Å². The molecule has 2 amide bonds. The molecule has 25 heavy (non-hydrogen) atoms. The van der Waals surface area contributed by atoms with Gasteiger partial charge in [-0.2, -0.15) is 0 Å². The lowest BCUT2D eigenvalue weighted by Crippen LogP contribution is -2.28. The number of aromatic nitrogens is 1. The highest BCUT2D eigenvalue weighted by molar-refractivity contribution is 6.06. The van der Waals surface area contributed by atoms with Crippen LogP contribution < -0.4 is 10.6 Å². The highest BCUT2D eigenvalue weighted by atomic mass is 16.2. The molecule has 0 aliphatic rings. The van der Waals surface area contributed by atoms with Crippen LogP contribution in [0.15, 0.2) is 30.5 Å². The molecule has 0 aliphatic heterocycles. The molecule has 132 valence electrons. The van der Waals surface area contributed by atoms with E-state index in [2.05, 4.69) is 15.6 Å². The molecule has 0 radical (unpaired) electrons. The van der Waals surface area contributed by atoms with Crippen molar-refractivity contribution in [3.63, 3.8) is 0 Å². The van der Waals surface area contributed by atoms with Crippen LogP contribution in [-0.2, 0) is 0 Å². The first-order valence-corrected chi connectivity index (χ1v) is 8.41. The van der Waals surface area contributed by atoms with E-state index < -0.39 is 0 Å². The van der Waals surface area contributed by atoms with E-state index in [0.717, 1.165) is 22.4 Å². The van der Waals surface area contributed by atoms with Crippen molar-refractivity contribution in [2.45, 2.75) is 34.6 Å². The van der Waals surface area contributed by atoms with Gasteiger partial charge in [-0.3, -0.25) is 14.6 Å². The van der Waals surface area contributed by atoms with Crippen molar-refractivity contribution >= 4 is 17.5 Å². The number of rotatable bonds is 5. The normalized spacial score (nSPS) is 10.6. The topological polar surface area (TPSA) is 71.1 Å². The lowest BCUT2D eigenvalue weighted by molar-refractivity contribution is 0.0944. The molecule has 2 aromatic rings. The van der Waals surface area contributed by atoms with Crippen LogP contribution in [0.1, 0.15) is 51.4 Å². The van der Waals surface area contributed by atoms with Crippen LogP contribution in [-0.4, -0.2) is 23.3 Å². The SMILES string of the molecule is Cc1cc(C)c(NC(=O)c2ccnc(C(=O)NCC(C)C)c2)c(C)c1. The predicted molar refractivity (Wildman–Crippen MR) is 100 cm³/mol. The zero-order valence-corrected chi connectivity index (χ0v) is 15.4. The Morgan fingerprint density at radius 1 is 1.04 bits per heavy atom. The number of nitrogens with zero attached hydrogens (tertiary/aromatic N) is 1. The molecule has 1 heterocycles. The summed E-state index contributed by atoms with van der Waals surface area (Å²) >= 11 is 0. The molecular weight excluding hydrogens is 314 g/mol. The number of hydrogen-bond acceptors (Lipinski definition) is 3. The molecule has 0 saturated carbocycles. The molecule has 0 bridgehead atoms. The van der Waals surface area contributed by atoms with Crippen LogP contribution in [0.3, 0.4) is 0 Å². The number of benzene rings is 1. The number of carbonyl (C=O) groups excluding carboxylic acids is 2. The minimum absolute atomic E-state index is 0.241. The van der Waals surface area contributed by atoms with Gasteiger partial charge in [0.15, 0.2) is 0 Å². The van der Waals surface area contributed by atoms with Crippen LogP contribution in [0.4, 0.5) is 5.69 Å². The summed E-state index contributed by atoms with van der Waals surface area (Å²) in [4.78, 5) is 28.8. The van der Waals surface area contributed by atoms with Gasteiger partial charge in [0.05, 0.1) is 0 Å². The molecular formula is C20H25N3O2. The second-order valence-corrected chi connectivity index (χ2v) is 6.76. The number of aryl methyl sites for hydroxylation is 3. The second-order valence-electron chi connectivity index (χ2n) is 6.76. The molecule has 2 N–H and O–H groups in total. The number of nitrogens with one attached hydrogen (secondary N) is 2. The second kappa shape index (κ2) is 7.92. The highest BCUT2D eigenvalue weighted by Gasteiger charge is 2.14. The fraction of sp³-hybridized carbons (Fsp3) is 0.350. The van der Waals surface area contributed by atoms with E-state index in [4.69, 9.17) is 0 Å². The van der Waals surface area contributed by atoms with Crippen molar-refractivity contribution in [2.24, 2.45) is 5.92 Å². The zero-order valence-electron chi connectivity index (χ0n) is 15.4. The molecule has 0 atom stereocenters. The maximum atomic E-state index is 12.6. The van der Waals surface area contributed by atoms with Crippen molar-refractivity contribution in [3.8, 4) is 0 Å². The largest absolute Gasteiger partial charge is 0.350 e. The number of carbonyl (C=O) groups is 2. The predicted octanol–water partition coefficient (Wildman–Crippen LogP) is 3.64. The van der Waals surface area contributed by atoms with E-state index in [-0.39, 0.29) is 17.5 Å². The fourth-order valence-electron chi connectivity index (χ4n) is 2.65. The summed E-state index contributed by atoms with van der Waals surface area (Å²) in [6, 6.07) is 7.18. The Labute approximate surface area is 148 Å². The van der Waals surface area contributed by atoms with E-state index in [1.54, 1.807) is 6.07 Å². The van der Waals surface area contributed by atoms with Gasteiger partial charge in [-0.25, -0.2) is 0 Å². The number of anilines is 1. The highest BCUT2D eigenvalue weighted by Crippen LogP contribution is 2.22. The Morgan fingerprint density at radius 3 is 2.28 bits per heavy atom. The fourth-order valence-corrected chi connectivity index (χ4v) is 2.65. The van der Waals surface area contributed by atoms with Gasteiger partial charge in [-0.05, 0) is 49.9 Å². The first kappa shape index (κ1) is 18.6. The molecule has 0 fully saturated rings. The first-order valence-electron chi connectivity index (χ1n) is 8.41. The Morgan fingerprint density at radius 2 is 1.68 bits per heavy atom. The van der Waals surface area contributed by atoms with E-state index in [1.807, 2.05) is 46.8 Å². The average Bonchev–Trinajstić information content (AvgIpc) is 2.55. The summed E-state index contributed by atoms with van der Waals surface area (Å²) < 4.78 is 0. The van der Waals surface area contributed by atoms with Crippen LogP contribution in [0.5, 0.6) is 0 Å². The van der Waals surface area contributed by atoms with Gasteiger partial charge >= 0.3 is 0 Å². The van der Waals surface area contributed by atoms with Crippen molar-refractivity contribution in [1.82, 2.24) is 10.3 Å². The average molecular weight is 339 g/mol. The Kier molecular flexibility index (Phi) is 5.91. The molecule has 0 saturated heterocycles. The molecule has 5 nitrogen and oxygen atoms in total. The first-order chi connectivity index (χ1) is 11.8. The van der Waals surface area contributed by atoms with E-state index >= 15 is 0 Å². The number of amides is 2. The third-order valence-electron chi connectivity index (χ3n) is 3.84. The van der Waals surface area contributed by atoms with Gasteiger partial charge in [0.25, 0.3) is 11.8 Å². The molecule has 0 unspecified atom stereocenters. The minimum atomic E-state index is -0.272. The molecule has 0 spiro atoms. The van der Waals surface area contributed by atoms with Gasteiger partial charge in [0, 0.05) is 24.0 Å². The van der Waals surface area contributed by atoms with E-state index in [0.29, 0.717) is 18.0 Å². The lowest BCUT2D eigenvalue weighted by Gasteiger charge is -2.13. The van der Waals surface area contributed by atoms with Crippen LogP contribution in [0.2, 0.25) is 0 Å². The monoisotopic (exact) mass is 339 g/mol. The van der Waals surface area contributed by atoms with Gasteiger partial charge in [-0.1, -0.05) is 31.5 Å². The molecule has 1 aromatic heterocycles. The van der Waals surface area contributed by atoms with Crippen molar-refractivity contribution in [2.75, 3.05) is 11.9 Å². The van der Waals surface area contributed by atoms with Gasteiger partial charge in [0.2, 0.25) is 0 Å². The smallest absolute Gasteiger partial charge is 0.269 e. The third-order valence-corrected chi connectivity index (χ3v) is 3.84. The molecule has 5 heteroatoms. The third kappa shape index (κ3) is 4.89. The van der Waals surface area contributed by atoms with Crippen molar-refractivity contribution in [1.29, 1.82) is 0 Å². The molecule has 0 aliphatic carbocycles. The number of hydrogen-bond donors (Lipinski definition) is 2. The molecule has 1 aromatic carbocycles. The zero-order chi connectivity index (χ0) is 18.6. The van der Waals surface area contributed by atoms with E-state index in [1.165, 1.54) is 12.3 Å². The minimum Gasteiger partial charge on any atom is -0.350 e. The summed E-state index contributed by atoms with van der Waals surface area (Å²) in [7, 11) is 0. The summed E-state index contributed by atoms with van der Waals surface area (Å²) in [6.07, 6.45) is 1.48. The van der Waals surface area contributed by atoms with Crippen LogP contribution >= 0.6 is 0 Å². The summed E-state index contributed by atoms with van der Waals surface area (Å²) in [5.41, 5.74) is 4.62. The lowest BCUT2D eigenvalue weighted by atomic mass is 10.0.